The summed E-state index contributed by atoms with van der Waals surface area (Å²) in [4.78, 5) is 0. The molecule has 0 unspecified atom stereocenters. The predicted molar refractivity (Wildman–Crippen MR) is 64.6 cm³/mol. The molecule has 0 aromatic carbocycles. The monoisotopic (exact) mass is 212 g/mol. The molecule has 0 aliphatic heterocycles. The molecule has 0 atom stereocenters. The first-order valence-electron chi connectivity index (χ1n) is 5.87. The molecule has 14 heavy (non-hydrogen) atoms. The van der Waals surface area contributed by atoms with Gasteiger partial charge in [0.15, 0.2) is 0 Å². The quantitative estimate of drug-likeness (QED) is 0.532. The molecule has 0 amide bonds. The Hall–Kier alpha value is -0.230. The highest BCUT2D eigenvalue weighted by Crippen LogP contribution is 2.24. The lowest BCUT2D eigenvalue weighted by atomic mass is 9.98. The van der Waals surface area contributed by atoms with Crippen molar-refractivity contribution in [3.63, 3.8) is 0 Å². The van der Waals surface area contributed by atoms with Crippen molar-refractivity contribution in [1.29, 1.82) is 0 Å². The lowest BCUT2D eigenvalue weighted by Crippen LogP contribution is -1.90. The van der Waals surface area contributed by atoms with Gasteiger partial charge >= 0.3 is 0 Å². The molecule has 0 radical (unpaired) electrons. The fourth-order valence-corrected chi connectivity index (χ4v) is 1.98. The summed E-state index contributed by atoms with van der Waals surface area (Å²) in [5.41, 5.74) is 1.59. The second-order valence-corrected chi connectivity index (χ2v) is 4.59. The van der Waals surface area contributed by atoms with Crippen molar-refractivity contribution in [3.05, 3.63) is 22.8 Å². The molecule has 80 valence electrons. The average molecular weight is 213 g/mol. The smallest absolute Gasteiger partial charge is 0.0184 e. The molecule has 0 aromatic rings. The molecule has 1 aliphatic carbocycles. The van der Waals surface area contributed by atoms with E-state index in [1.165, 1.54) is 44.9 Å². The van der Waals surface area contributed by atoms with Gasteiger partial charge < -0.3 is 0 Å². The largest absolute Gasteiger partial charge is 0.0891 e. The first-order valence-corrected chi connectivity index (χ1v) is 6.25. The zero-order valence-corrected chi connectivity index (χ0v) is 9.95. The number of rotatable bonds is 6. The van der Waals surface area contributed by atoms with Gasteiger partial charge in [0.05, 0.1) is 0 Å². The highest BCUT2D eigenvalue weighted by atomic mass is 35.5. The van der Waals surface area contributed by atoms with Gasteiger partial charge in [-0.25, -0.2) is 0 Å². The number of halogens is 1. The first kappa shape index (κ1) is 11.8. The maximum absolute atomic E-state index is 5.90. The van der Waals surface area contributed by atoms with Crippen LogP contribution in [0.25, 0.3) is 0 Å². The number of hydrogen-bond acceptors (Lipinski definition) is 0. The van der Waals surface area contributed by atoms with Gasteiger partial charge in [-0.3, -0.25) is 0 Å². The summed E-state index contributed by atoms with van der Waals surface area (Å²) in [6.07, 6.45) is 14.7. The summed E-state index contributed by atoms with van der Waals surface area (Å²) in [5, 5.41) is 1.01. The van der Waals surface area contributed by atoms with Gasteiger partial charge in [-0.15, -0.1) is 0 Å². The third kappa shape index (κ3) is 4.85. The third-order valence-corrected chi connectivity index (χ3v) is 3.10. The number of hydrogen-bond donors (Lipinski definition) is 0. The van der Waals surface area contributed by atoms with Crippen molar-refractivity contribution in [2.75, 3.05) is 0 Å². The molecule has 0 saturated heterocycles. The van der Waals surface area contributed by atoms with Crippen molar-refractivity contribution in [3.8, 4) is 0 Å². The van der Waals surface area contributed by atoms with Gasteiger partial charge in [0.2, 0.25) is 0 Å². The van der Waals surface area contributed by atoms with Gasteiger partial charge in [0.25, 0.3) is 0 Å². The summed E-state index contributed by atoms with van der Waals surface area (Å²) < 4.78 is 0. The Balaban J connectivity index is 2.07. The van der Waals surface area contributed by atoms with Crippen molar-refractivity contribution in [2.45, 2.75) is 58.3 Å². The van der Waals surface area contributed by atoms with E-state index in [4.69, 9.17) is 11.6 Å². The molecule has 0 aromatic heterocycles. The van der Waals surface area contributed by atoms with Crippen molar-refractivity contribution in [1.82, 2.24) is 0 Å². The van der Waals surface area contributed by atoms with E-state index in [9.17, 15) is 0 Å². The number of unbranched alkanes of at least 4 members (excludes halogenated alkanes) is 4. The molecule has 0 saturated carbocycles. The normalized spacial score (nSPS) is 16.4. The fraction of sp³-hybridized carbons (Fsp3) is 0.692. The Morgan fingerprint density at radius 2 is 1.86 bits per heavy atom. The van der Waals surface area contributed by atoms with Crippen LogP contribution in [0.1, 0.15) is 58.3 Å². The Morgan fingerprint density at radius 3 is 2.50 bits per heavy atom. The van der Waals surface area contributed by atoms with Gasteiger partial charge in [-0.2, -0.15) is 0 Å². The molecule has 0 N–H and O–H groups in total. The zero-order chi connectivity index (χ0) is 10.2. The van der Waals surface area contributed by atoms with Crippen LogP contribution in [0.15, 0.2) is 22.8 Å². The minimum Gasteiger partial charge on any atom is -0.0891 e. The molecule has 0 fully saturated rings. The van der Waals surface area contributed by atoms with Gasteiger partial charge in [0, 0.05) is 5.03 Å². The van der Waals surface area contributed by atoms with Crippen molar-refractivity contribution < 1.29 is 0 Å². The zero-order valence-electron chi connectivity index (χ0n) is 9.19. The topological polar surface area (TPSA) is 0 Å². The van der Waals surface area contributed by atoms with Crippen molar-refractivity contribution in [2.24, 2.45) is 0 Å². The Labute approximate surface area is 93.0 Å². The summed E-state index contributed by atoms with van der Waals surface area (Å²) in [6, 6.07) is 0. The molecular formula is C13H21Cl. The Kier molecular flexibility index (Phi) is 6.02. The van der Waals surface area contributed by atoms with E-state index in [1.54, 1.807) is 5.57 Å². The maximum atomic E-state index is 5.90. The van der Waals surface area contributed by atoms with Gasteiger partial charge in [-0.05, 0) is 31.8 Å². The van der Waals surface area contributed by atoms with Crippen LogP contribution in [0, 0.1) is 0 Å². The average Bonchev–Trinajstić information content (AvgIpc) is 2.21. The molecule has 1 rings (SSSR count). The van der Waals surface area contributed by atoms with Crippen LogP contribution >= 0.6 is 11.6 Å². The van der Waals surface area contributed by atoms with E-state index in [-0.39, 0.29) is 0 Å². The SMILES string of the molecule is CCCCCCCC1=CC=C(Cl)CC1. The summed E-state index contributed by atoms with van der Waals surface area (Å²) in [7, 11) is 0. The molecule has 0 bridgehead atoms. The van der Waals surface area contributed by atoms with Crippen LogP contribution in [-0.4, -0.2) is 0 Å². The van der Waals surface area contributed by atoms with E-state index in [1.807, 2.05) is 0 Å². The second kappa shape index (κ2) is 7.11. The van der Waals surface area contributed by atoms with Crippen LogP contribution in [0.3, 0.4) is 0 Å². The van der Waals surface area contributed by atoms with E-state index in [0.717, 1.165) is 11.5 Å². The third-order valence-electron chi connectivity index (χ3n) is 2.79. The molecule has 0 heterocycles. The minimum absolute atomic E-state index is 1.01. The van der Waals surface area contributed by atoms with E-state index in [0.29, 0.717) is 0 Å². The molecule has 0 nitrogen and oxygen atoms in total. The highest BCUT2D eigenvalue weighted by Gasteiger charge is 2.03. The van der Waals surface area contributed by atoms with Crippen molar-refractivity contribution >= 4 is 11.6 Å². The van der Waals surface area contributed by atoms with E-state index in [2.05, 4.69) is 19.1 Å². The summed E-state index contributed by atoms with van der Waals surface area (Å²) in [5.74, 6) is 0. The second-order valence-electron chi connectivity index (χ2n) is 4.10. The lowest BCUT2D eigenvalue weighted by Gasteiger charge is -2.10. The summed E-state index contributed by atoms with van der Waals surface area (Å²) in [6.45, 7) is 2.26. The van der Waals surface area contributed by atoms with E-state index < -0.39 is 0 Å². The summed E-state index contributed by atoms with van der Waals surface area (Å²) >= 11 is 5.90. The van der Waals surface area contributed by atoms with Crippen LogP contribution in [-0.2, 0) is 0 Å². The molecule has 0 spiro atoms. The minimum atomic E-state index is 1.01. The molecule has 1 heteroatoms. The van der Waals surface area contributed by atoms with Crippen LogP contribution in [0.2, 0.25) is 0 Å². The van der Waals surface area contributed by atoms with E-state index >= 15 is 0 Å². The number of allylic oxidation sites excluding steroid dienone is 4. The molecular weight excluding hydrogens is 192 g/mol. The standard InChI is InChI=1S/C13H21Cl/c1-2-3-4-5-6-7-12-8-10-13(14)11-9-12/h8,10H,2-7,9,11H2,1H3. The van der Waals surface area contributed by atoms with Crippen LogP contribution in [0.5, 0.6) is 0 Å². The molecule has 1 aliphatic rings. The lowest BCUT2D eigenvalue weighted by molar-refractivity contribution is 0.623. The van der Waals surface area contributed by atoms with Crippen LogP contribution in [0.4, 0.5) is 0 Å². The first-order chi connectivity index (χ1) is 6.83. The highest BCUT2D eigenvalue weighted by molar-refractivity contribution is 6.29. The van der Waals surface area contributed by atoms with Gasteiger partial charge in [-0.1, -0.05) is 55.9 Å². The van der Waals surface area contributed by atoms with Crippen LogP contribution < -0.4 is 0 Å². The van der Waals surface area contributed by atoms with Gasteiger partial charge in [0.1, 0.15) is 0 Å². The fourth-order valence-electron chi connectivity index (χ4n) is 1.82. The Morgan fingerprint density at radius 1 is 1.07 bits per heavy atom. The predicted octanol–water partition coefficient (Wildman–Crippen LogP) is 5.19. The Bertz CT molecular complexity index is 213. The maximum Gasteiger partial charge on any atom is 0.0184 e.